The summed E-state index contributed by atoms with van der Waals surface area (Å²) in [6, 6.07) is 0. The monoisotopic (exact) mass is 199 g/mol. The second-order valence-corrected chi connectivity index (χ2v) is 3.30. The summed E-state index contributed by atoms with van der Waals surface area (Å²) >= 11 is 0. The highest BCUT2D eigenvalue weighted by molar-refractivity contribution is 5.67. The first-order chi connectivity index (χ1) is 6.70. The third-order valence-electron chi connectivity index (χ3n) is 1.80. The van der Waals surface area contributed by atoms with Gasteiger partial charge in [-0.15, -0.1) is 0 Å². The minimum absolute atomic E-state index is 0.317. The lowest BCUT2D eigenvalue weighted by Crippen LogP contribution is -2.26. The topological polar surface area (TPSA) is 38.3 Å². The summed E-state index contributed by atoms with van der Waals surface area (Å²) in [7, 11) is 0. The number of ether oxygens (including phenoxy) is 1. The van der Waals surface area contributed by atoms with Gasteiger partial charge in [0.15, 0.2) is 0 Å². The van der Waals surface area contributed by atoms with Gasteiger partial charge in [-0.3, -0.25) is 0 Å². The second kappa shape index (κ2) is 8.60. The summed E-state index contributed by atoms with van der Waals surface area (Å²) < 4.78 is 4.93. The fraction of sp³-hybridized carbons (Fsp3) is 0.727. The third kappa shape index (κ3) is 7.65. The van der Waals surface area contributed by atoms with Crippen molar-refractivity contribution in [1.82, 2.24) is 5.32 Å². The molecule has 1 N–H and O–H groups in total. The van der Waals surface area contributed by atoms with Gasteiger partial charge in [0.25, 0.3) is 0 Å². The molecule has 0 saturated carbocycles. The molecule has 0 bridgehead atoms. The van der Waals surface area contributed by atoms with Crippen LogP contribution in [-0.2, 0) is 4.74 Å². The maximum atomic E-state index is 11.1. The Hall–Kier alpha value is -0.990. The second-order valence-electron chi connectivity index (χ2n) is 3.30. The van der Waals surface area contributed by atoms with Crippen LogP contribution in [0.25, 0.3) is 0 Å². The standard InChI is InChI=1S/C11H21NO2/c1-4-6-8-14-11(13)12-9-10(3)7-5-2/h7H,4-6,8-9H2,1-3H3,(H,12,13)/b10-7+. The molecule has 3 heteroatoms. The van der Waals surface area contributed by atoms with Crippen LogP contribution in [0.1, 0.15) is 40.0 Å². The van der Waals surface area contributed by atoms with Crippen LogP contribution in [0, 0.1) is 0 Å². The first-order valence-corrected chi connectivity index (χ1v) is 5.27. The molecule has 0 spiro atoms. The number of hydrogen-bond donors (Lipinski definition) is 1. The maximum Gasteiger partial charge on any atom is 0.407 e. The Morgan fingerprint density at radius 1 is 1.43 bits per heavy atom. The van der Waals surface area contributed by atoms with Gasteiger partial charge >= 0.3 is 6.09 Å². The number of carbonyl (C=O) groups is 1. The Morgan fingerprint density at radius 3 is 2.71 bits per heavy atom. The normalized spacial score (nSPS) is 11.2. The Morgan fingerprint density at radius 2 is 2.14 bits per heavy atom. The van der Waals surface area contributed by atoms with E-state index < -0.39 is 0 Å². The van der Waals surface area contributed by atoms with Crippen molar-refractivity contribution in [3.8, 4) is 0 Å². The van der Waals surface area contributed by atoms with Gasteiger partial charge in [-0.25, -0.2) is 4.79 Å². The molecule has 0 saturated heterocycles. The number of nitrogens with one attached hydrogen (secondary N) is 1. The van der Waals surface area contributed by atoms with Crippen molar-refractivity contribution in [2.75, 3.05) is 13.2 Å². The first-order valence-electron chi connectivity index (χ1n) is 5.27. The van der Waals surface area contributed by atoms with E-state index in [1.165, 1.54) is 5.57 Å². The third-order valence-corrected chi connectivity index (χ3v) is 1.80. The van der Waals surface area contributed by atoms with Crippen LogP contribution < -0.4 is 5.32 Å². The van der Waals surface area contributed by atoms with Crippen molar-refractivity contribution in [2.24, 2.45) is 0 Å². The van der Waals surface area contributed by atoms with Crippen molar-refractivity contribution in [3.05, 3.63) is 11.6 Å². The molecule has 14 heavy (non-hydrogen) atoms. The molecule has 0 unspecified atom stereocenters. The molecular formula is C11H21NO2. The van der Waals surface area contributed by atoms with Gasteiger partial charge in [-0.2, -0.15) is 0 Å². The molecule has 0 heterocycles. The highest BCUT2D eigenvalue weighted by Gasteiger charge is 1.99. The molecule has 0 aromatic carbocycles. The van der Waals surface area contributed by atoms with E-state index in [4.69, 9.17) is 4.74 Å². The quantitative estimate of drug-likeness (QED) is 0.527. The van der Waals surface area contributed by atoms with Gasteiger partial charge in [0.05, 0.1) is 6.61 Å². The van der Waals surface area contributed by atoms with Crippen molar-refractivity contribution in [3.63, 3.8) is 0 Å². The van der Waals surface area contributed by atoms with Crippen molar-refractivity contribution >= 4 is 6.09 Å². The van der Waals surface area contributed by atoms with Gasteiger partial charge in [-0.05, 0) is 19.8 Å². The van der Waals surface area contributed by atoms with Crippen LogP contribution in [-0.4, -0.2) is 19.2 Å². The molecule has 0 atom stereocenters. The minimum Gasteiger partial charge on any atom is -0.450 e. The molecule has 0 aromatic heterocycles. The zero-order valence-electron chi connectivity index (χ0n) is 9.43. The molecule has 0 aliphatic rings. The Labute approximate surface area is 86.5 Å². The number of alkyl carbamates (subject to hydrolysis) is 1. The smallest absolute Gasteiger partial charge is 0.407 e. The van der Waals surface area contributed by atoms with E-state index in [0.717, 1.165) is 19.3 Å². The number of unbranched alkanes of at least 4 members (excludes halogenated alkanes) is 1. The molecule has 3 nitrogen and oxygen atoms in total. The fourth-order valence-electron chi connectivity index (χ4n) is 0.992. The number of carbonyl (C=O) groups excluding carboxylic acids is 1. The van der Waals surface area contributed by atoms with Crippen molar-refractivity contribution < 1.29 is 9.53 Å². The maximum absolute atomic E-state index is 11.1. The lowest BCUT2D eigenvalue weighted by atomic mass is 10.2. The molecule has 1 amide bonds. The summed E-state index contributed by atoms with van der Waals surface area (Å²) in [5, 5.41) is 2.70. The van der Waals surface area contributed by atoms with Crippen LogP contribution in [0.5, 0.6) is 0 Å². The summed E-state index contributed by atoms with van der Waals surface area (Å²) in [6.07, 6.45) is 4.74. The van der Waals surface area contributed by atoms with E-state index in [1.54, 1.807) is 0 Å². The van der Waals surface area contributed by atoms with E-state index in [9.17, 15) is 4.79 Å². The molecule has 0 rings (SSSR count). The highest BCUT2D eigenvalue weighted by Crippen LogP contribution is 1.93. The van der Waals surface area contributed by atoms with Crippen LogP contribution in [0.2, 0.25) is 0 Å². The zero-order chi connectivity index (χ0) is 10.8. The molecule has 0 fully saturated rings. The largest absolute Gasteiger partial charge is 0.450 e. The van der Waals surface area contributed by atoms with Crippen LogP contribution in [0.15, 0.2) is 11.6 Å². The molecule has 82 valence electrons. The molecule has 0 aliphatic carbocycles. The molecule has 0 radical (unpaired) electrons. The SMILES string of the molecule is CC/C=C(\C)CNC(=O)OCCCC. The summed E-state index contributed by atoms with van der Waals surface area (Å²) in [5.74, 6) is 0. The Bertz CT molecular complexity index is 188. The van der Waals surface area contributed by atoms with Crippen molar-refractivity contribution in [2.45, 2.75) is 40.0 Å². The van der Waals surface area contributed by atoms with Crippen LogP contribution in [0.4, 0.5) is 4.79 Å². The first kappa shape index (κ1) is 13.0. The van der Waals surface area contributed by atoms with E-state index in [2.05, 4.69) is 25.2 Å². The van der Waals surface area contributed by atoms with E-state index in [1.807, 2.05) is 6.92 Å². The Balaban J connectivity index is 3.48. The average Bonchev–Trinajstić information content (AvgIpc) is 2.16. The lowest BCUT2D eigenvalue weighted by Gasteiger charge is -2.06. The number of allylic oxidation sites excluding steroid dienone is 1. The van der Waals surface area contributed by atoms with Gasteiger partial charge in [-0.1, -0.05) is 31.9 Å². The zero-order valence-corrected chi connectivity index (χ0v) is 9.43. The Kier molecular flexibility index (Phi) is 7.99. The lowest BCUT2D eigenvalue weighted by molar-refractivity contribution is 0.145. The van der Waals surface area contributed by atoms with E-state index in [-0.39, 0.29) is 6.09 Å². The van der Waals surface area contributed by atoms with E-state index >= 15 is 0 Å². The average molecular weight is 199 g/mol. The highest BCUT2D eigenvalue weighted by atomic mass is 16.5. The van der Waals surface area contributed by atoms with E-state index in [0.29, 0.717) is 13.2 Å². The number of amides is 1. The summed E-state index contributed by atoms with van der Waals surface area (Å²) in [5.41, 5.74) is 1.17. The van der Waals surface area contributed by atoms with Crippen LogP contribution in [0.3, 0.4) is 0 Å². The predicted octanol–water partition coefficient (Wildman–Crippen LogP) is 2.87. The van der Waals surface area contributed by atoms with Gasteiger partial charge < -0.3 is 10.1 Å². The minimum atomic E-state index is -0.317. The predicted molar refractivity (Wildman–Crippen MR) is 58.3 cm³/mol. The molecule has 0 aliphatic heterocycles. The number of hydrogen-bond acceptors (Lipinski definition) is 2. The molecular weight excluding hydrogens is 178 g/mol. The van der Waals surface area contributed by atoms with Gasteiger partial charge in [0.1, 0.15) is 0 Å². The fourth-order valence-corrected chi connectivity index (χ4v) is 0.992. The van der Waals surface area contributed by atoms with Gasteiger partial charge in [0, 0.05) is 6.54 Å². The summed E-state index contributed by atoms with van der Waals surface area (Å²) in [6.45, 7) is 7.23. The summed E-state index contributed by atoms with van der Waals surface area (Å²) in [4.78, 5) is 11.1. The van der Waals surface area contributed by atoms with Crippen molar-refractivity contribution in [1.29, 1.82) is 0 Å². The van der Waals surface area contributed by atoms with Crippen LogP contribution >= 0.6 is 0 Å². The van der Waals surface area contributed by atoms with Gasteiger partial charge in [0.2, 0.25) is 0 Å². The molecule has 0 aromatic rings. The number of rotatable bonds is 6.